The minimum atomic E-state index is -5.78. The van der Waals surface area contributed by atoms with Gasteiger partial charge in [0.15, 0.2) is 0 Å². The molecule has 4 fully saturated rings. The number of hydrogen-bond donors (Lipinski definition) is 1. The summed E-state index contributed by atoms with van der Waals surface area (Å²) in [4.78, 5) is 11.2. The Labute approximate surface area is 114 Å². The quantitative estimate of drug-likeness (QED) is 0.628. The predicted molar refractivity (Wildman–Crippen MR) is 61.3 cm³/mol. The Kier molecular flexibility index (Phi) is 2.06. The van der Waals surface area contributed by atoms with Gasteiger partial charge in [0.05, 0.1) is 6.61 Å². The van der Waals surface area contributed by atoms with E-state index in [2.05, 4.69) is 4.74 Å². The van der Waals surface area contributed by atoms with Crippen molar-refractivity contribution in [3.63, 3.8) is 0 Å². The first-order valence-electron chi connectivity index (χ1n) is 6.67. The van der Waals surface area contributed by atoms with E-state index >= 15 is 0 Å². The van der Waals surface area contributed by atoms with Crippen molar-refractivity contribution < 1.29 is 31.3 Å². The van der Waals surface area contributed by atoms with Gasteiger partial charge in [0.2, 0.25) is 0 Å². The van der Waals surface area contributed by atoms with Crippen LogP contribution in [0.5, 0.6) is 0 Å². The normalized spacial score (nSPS) is 47.6. The van der Waals surface area contributed by atoms with Crippen molar-refractivity contribution in [2.45, 2.75) is 30.9 Å². The first-order chi connectivity index (χ1) is 9.15. The van der Waals surface area contributed by atoms with E-state index in [1.54, 1.807) is 0 Å². The summed E-state index contributed by atoms with van der Waals surface area (Å²) in [6, 6.07) is 0. The molecule has 8 heteroatoms. The molecule has 2 atom stereocenters. The second-order valence-corrected chi connectivity index (χ2v) is 8.21. The second-order valence-electron chi connectivity index (χ2n) is 6.75. The highest BCUT2D eigenvalue weighted by molar-refractivity contribution is 7.87. The third kappa shape index (κ3) is 1.07. The van der Waals surface area contributed by atoms with E-state index in [1.807, 2.05) is 0 Å². The van der Waals surface area contributed by atoms with Crippen LogP contribution in [-0.2, 0) is 19.6 Å². The monoisotopic (exact) mass is 308 g/mol. The highest BCUT2D eigenvalue weighted by Gasteiger charge is 2.87. The molecule has 4 aliphatic carbocycles. The summed E-state index contributed by atoms with van der Waals surface area (Å²) in [5.74, 6) is -0.254. The molecule has 0 bridgehead atoms. The molecule has 5 nitrogen and oxygen atoms in total. The molecule has 0 saturated heterocycles. The zero-order valence-electron chi connectivity index (χ0n) is 10.5. The first kappa shape index (κ1) is 12.9. The fraction of sp³-hybridized carbons (Fsp3) is 0.917. The zero-order chi connectivity index (χ0) is 14.6. The van der Waals surface area contributed by atoms with Crippen molar-refractivity contribution in [2.24, 2.45) is 28.6 Å². The van der Waals surface area contributed by atoms with Gasteiger partial charge in [0.25, 0.3) is 0 Å². The summed E-state index contributed by atoms with van der Waals surface area (Å²) in [7, 11) is -5.78. The number of carbonyl (C=O) groups excluding carboxylic acids is 1. The number of ether oxygens (including phenoxy) is 1. The van der Waals surface area contributed by atoms with Crippen molar-refractivity contribution in [2.75, 3.05) is 6.61 Å². The summed E-state index contributed by atoms with van der Waals surface area (Å²) in [6.07, 6.45) is 4.14. The Morgan fingerprint density at radius 1 is 1.25 bits per heavy atom. The number of esters is 1. The van der Waals surface area contributed by atoms with Crippen LogP contribution in [0.25, 0.3) is 0 Å². The summed E-state index contributed by atoms with van der Waals surface area (Å²) < 4.78 is 60.0. The minimum Gasteiger partial charge on any atom is -0.460 e. The lowest BCUT2D eigenvalue weighted by atomic mass is 9.13. The van der Waals surface area contributed by atoms with E-state index in [4.69, 9.17) is 4.55 Å². The largest absolute Gasteiger partial charge is 0.465 e. The maximum absolute atomic E-state index is 13.1. The number of alkyl halides is 2. The predicted octanol–water partition coefficient (Wildman–Crippen LogP) is 1.45. The van der Waals surface area contributed by atoms with E-state index in [0.29, 0.717) is 17.8 Å². The Morgan fingerprint density at radius 2 is 1.80 bits per heavy atom. The molecular weight excluding hydrogens is 294 g/mol. The standard InChI is InChI=1S/C12H14F2O5S/c13-12(14,20(16,17)18)9(15)19-5-10-3-7-1-6-2-8(4-10)11(6,7)10/h6-8H,1-5H2,(H,16,17,18). The van der Waals surface area contributed by atoms with Crippen molar-refractivity contribution in [1.29, 1.82) is 0 Å². The molecule has 0 amide bonds. The summed E-state index contributed by atoms with van der Waals surface area (Å²) >= 11 is 0. The second kappa shape index (κ2) is 3.19. The Bertz CT molecular complexity index is 588. The molecule has 0 heterocycles. The van der Waals surface area contributed by atoms with Crippen molar-refractivity contribution in [1.82, 2.24) is 0 Å². The molecule has 4 rings (SSSR count). The molecule has 4 saturated carbocycles. The number of hydrogen-bond acceptors (Lipinski definition) is 4. The Balaban J connectivity index is 1.44. The fourth-order valence-electron chi connectivity index (χ4n) is 5.80. The molecule has 4 aliphatic rings. The molecule has 112 valence electrons. The van der Waals surface area contributed by atoms with Crippen LogP contribution in [0.2, 0.25) is 0 Å². The summed E-state index contributed by atoms with van der Waals surface area (Å²) in [5, 5.41) is -4.88. The first-order valence-corrected chi connectivity index (χ1v) is 8.11. The van der Waals surface area contributed by atoms with Crippen molar-refractivity contribution in [3.8, 4) is 0 Å². The van der Waals surface area contributed by atoms with E-state index in [0.717, 1.165) is 12.8 Å². The number of carbonyl (C=O) groups is 1. The van der Waals surface area contributed by atoms with Crippen LogP contribution < -0.4 is 0 Å². The maximum atomic E-state index is 13.1. The lowest BCUT2D eigenvalue weighted by molar-refractivity contribution is -0.437. The SMILES string of the molecule is O=C(OCC12CC3CC4CC(C1)C432)C(F)(F)S(=O)(=O)O. The molecule has 0 aromatic rings. The molecule has 1 spiro atoms. The molecule has 20 heavy (non-hydrogen) atoms. The number of halogens is 2. The van der Waals surface area contributed by atoms with Crippen LogP contribution in [0.1, 0.15) is 25.7 Å². The van der Waals surface area contributed by atoms with Crippen LogP contribution in [0.15, 0.2) is 0 Å². The Hall–Kier alpha value is -0.760. The van der Waals surface area contributed by atoms with E-state index in [9.17, 15) is 22.0 Å². The third-order valence-corrected chi connectivity index (χ3v) is 7.21. The summed E-state index contributed by atoms with van der Waals surface area (Å²) in [5.41, 5.74) is 0.00904. The molecule has 0 aromatic carbocycles. The van der Waals surface area contributed by atoms with Gasteiger partial charge < -0.3 is 4.74 Å². The van der Waals surface area contributed by atoms with Gasteiger partial charge >= 0.3 is 21.3 Å². The topological polar surface area (TPSA) is 80.7 Å². The van der Waals surface area contributed by atoms with Gasteiger partial charge in [-0.3, -0.25) is 4.55 Å². The van der Waals surface area contributed by atoms with Crippen molar-refractivity contribution >= 4 is 16.1 Å². The molecule has 0 aliphatic heterocycles. The van der Waals surface area contributed by atoms with Gasteiger partial charge in [-0.05, 0) is 48.9 Å². The lowest BCUT2D eigenvalue weighted by Gasteiger charge is -2.91. The lowest BCUT2D eigenvalue weighted by Crippen LogP contribution is -2.86. The zero-order valence-corrected chi connectivity index (χ0v) is 11.3. The maximum Gasteiger partial charge on any atom is 0.465 e. The summed E-state index contributed by atoms with van der Waals surface area (Å²) in [6.45, 7) is -0.152. The van der Waals surface area contributed by atoms with Crippen LogP contribution in [-0.4, -0.2) is 30.8 Å². The fourth-order valence-corrected chi connectivity index (χ4v) is 6.07. The van der Waals surface area contributed by atoms with Crippen LogP contribution in [0, 0.1) is 28.6 Å². The van der Waals surface area contributed by atoms with Gasteiger partial charge in [-0.1, -0.05) is 0 Å². The average molecular weight is 308 g/mol. The van der Waals surface area contributed by atoms with Crippen molar-refractivity contribution in [3.05, 3.63) is 0 Å². The number of rotatable bonds is 4. The minimum absolute atomic E-state index is 0.152. The van der Waals surface area contributed by atoms with Crippen LogP contribution in [0.3, 0.4) is 0 Å². The average Bonchev–Trinajstić information content (AvgIpc) is 2.22. The van der Waals surface area contributed by atoms with Gasteiger partial charge in [-0.25, -0.2) is 4.79 Å². The van der Waals surface area contributed by atoms with E-state index in [1.165, 1.54) is 12.8 Å². The highest BCUT2D eigenvalue weighted by Crippen LogP contribution is 2.92. The highest BCUT2D eigenvalue weighted by atomic mass is 32.2. The van der Waals surface area contributed by atoms with Gasteiger partial charge in [0.1, 0.15) is 0 Å². The van der Waals surface area contributed by atoms with Gasteiger partial charge in [-0.15, -0.1) is 0 Å². The molecule has 2 unspecified atom stereocenters. The molecule has 0 radical (unpaired) electrons. The van der Waals surface area contributed by atoms with Gasteiger partial charge in [-0.2, -0.15) is 17.2 Å². The molecule has 1 N–H and O–H groups in total. The van der Waals surface area contributed by atoms with Gasteiger partial charge in [0, 0.05) is 5.41 Å². The van der Waals surface area contributed by atoms with E-state index in [-0.39, 0.29) is 17.4 Å². The smallest absolute Gasteiger partial charge is 0.460 e. The van der Waals surface area contributed by atoms with E-state index < -0.39 is 21.3 Å². The third-order valence-electron chi connectivity index (χ3n) is 6.40. The van der Waals surface area contributed by atoms with Crippen LogP contribution in [0.4, 0.5) is 8.78 Å². The van der Waals surface area contributed by atoms with Crippen LogP contribution >= 0.6 is 0 Å². The molecular formula is C12H14F2O5S. The molecule has 0 aromatic heterocycles. The Morgan fingerprint density at radius 3 is 2.20 bits per heavy atom.